The zero-order valence-electron chi connectivity index (χ0n) is 18.8. The summed E-state index contributed by atoms with van der Waals surface area (Å²) in [4.78, 5) is 0. The van der Waals surface area contributed by atoms with E-state index >= 15 is 0 Å². The van der Waals surface area contributed by atoms with E-state index in [0.29, 0.717) is 5.92 Å². The van der Waals surface area contributed by atoms with Gasteiger partial charge in [-0.25, -0.2) is 0 Å². The fraction of sp³-hybridized carbons (Fsp3) is 0.161. The van der Waals surface area contributed by atoms with Crippen molar-refractivity contribution in [1.82, 2.24) is 9.13 Å². The van der Waals surface area contributed by atoms with Gasteiger partial charge in [0.2, 0.25) is 0 Å². The van der Waals surface area contributed by atoms with Crippen molar-refractivity contribution in [2.45, 2.75) is 32.1 Å². The van der Waals surface area contributed by atoms with E-state index in [-0.39, 0.29) is 0 Å². The molecule has 2 aliphatic rings. The summed E-state index contributed by atoms with van der Waals surface area (Å²) in [6.07, 6.45) is 12.8. The molecule has 0 fully saturated rings. The summed E-state index contributed by atoms with van der Waals surface area (Å²) in [5.41, 5.74) is 10.8. The Balaban J connectivity index is 1.50. The molecule has 33 heavy (non-hydrogen) atoms. The minimum atomic E-state index is 0.576. The average molecular weight is 427 g/mol. The van der Waals surface area contributed by atoms with Gasteiger partial charge in [0.1, 0.15) is 0 Å². The molecular weight excluding hydrogens is 400 g/mol. The van der Waals surface area contributed by atoms with Crippen molar-refractivity contribution in [3.63, 3.8) is 0 Å². The third kappa shape index (κ3) is 2.67. The molecule has 5 aromatic rings. The van der Waals surface area contributed by atoms with Gasteiger partial charge in [-0.05, 0) is 78.8 Å². The molecule has 3 aromatic carbocycles. The van der Waals surface area contributed by atoms with Crippen LogP contribution in [-0.4, -0.2) is 9.13 Å². The van der Waals surface area contributed by atoms with Gasteiger partial charge in [-0.2, -0.15) is 0 Å². The Kier molecular flexibility index (Phi) is 4.04. The molecule has 0 spiro atoms. The molecule has 2 aliphatic carbocycles. The highest BCUT2D eigenvalue weighted by Gasteiger charge is 2.27. The number of rotatable bonds is 2. The third-order valence-corrected chi connectivity index (χ3v) is 7.41. The maximum atomic E-state index is 2.49. The fourth-order valence-electron chi connectivity index (χ4n) is 6.00. The summed E-state index contributed by atoms with van der Waals surface area (Å²) >= 11 is 0. The largest absolute Gasteiger partial charge is 0.310 e. The van der Waals surface area contributed by atoms with Crippen molar-refractivity contribution in [2.24, 2.45) is 0 Å². The standard InChI is InChI=1S/C31H26N2/c1-21-10-8-19-30-31(21)26-15-4-7-18-29(26)33(30)23-12-9-11-22(20-23)32-27-16-5-2-13-24(27)25-14-3-6-17-28(25)32/h2-3,5-9,11-14,16-21H,4,10,15H2,1H3. The number of allylic oxidation sites excluding steroid dienone is 2. The third-order valence-electron chi connectivity index (χ3n) is 7.41. The second-order valence-electron chi connectivity index (χ2n) is 9.37. The Labute approximate surface area is 194 Å². The molecule has 0 aliphatic heterocycles. The molecule has 1 atom stereocenters. The van der Waals surface area contributed by atoms with Gasteiger partial charge >= 0.3 is 0 Å². The second kappa shape index (κ2) is 7.11. The molecule has 1 unspecified atom stereocenters. The van der Waals surface area contributed by atoms with E-state index in [1.165, 1.54) is 44.6 Å². The van der Waals surface area contributed by atoms with E-state index in [9.17, 15) is 0 Å². The summed E-state index contributed by atoms with van der Waals surface area (Å²) in [7, 11) is 0. The number of hydrogen-bond acceptors (Lipinski definition) is 0. The van der Waals surface area contributed by atoms with E-state index in [0.717, 1.165) is 19.3 Å². The highest BCUT2D eigenvalue weighted by atomic mass is 15.0. The van der Waals surface area contributed by atoms with Gasteiger partial charge < -0.3 is 9.13 Å². The zero-order valence-corrected chi connectivity index (χ0v) is 18.8. The first-order valence-corrected chi connectivity index (χ1v) is 12.0. The van der Waals surface area contributed by atoms with E-state index in [2.05, 4.69) is 113 Å². The van der Waals surface area contributed by atoms with Gasteiger partial charge in [0.25, 0.3) is 0 Å². The highest BCUT2D eigenvalue weighted by molar-refractivity contribution is 6.09. The van der Waals surface area contributed by atoms with Gasteiger partial charge in [-0.15, -0.1) is 0 Å². The first-order valence-electron chi connectivity index (χ1n) is 12.0. The van der Waals surface area contributed by atoms with E-state index < -0.39 is 0 Å². The lowest BCUT2D eigenvalue weighted by Crippen LogP contribution is -2.05. The van der Waals surface area contributed by atoms with Crippen molar-refractivity contribution in [3.05, 3.63) is 107 Å². The molecule has 0 saturated carbocycles. The van der Waals surface area contributed by atoms with E-state index in [1.54, 1.807) is 11.1 Å². The van der Waals surface area contributed by atoms with Gasteiger partial charge in [0.15, 0.2) is 0 Å². The molecule has 2 heteroatoms. The number of aromatic nitrogens is 2. The molecule has 160 valence electrons. The lowest BCUT2D eigenvalue weighted by Gasteiger charge is -2.18. The molecule has 2 aromatic heterocycles. The minimum Gasteiger partial charge on any atom is -0.310 e. The van der Waals surface area contributed by atoms with Crippen LogP contribution in [0.1, 0.15) is 48.2 Å². The molecule has 0 saturated heterocycles. The SMILES string of the molecule is CC1CC=Cc2c1c1c(n2-c2cccc(-n3c4ccccc4c4ccccc43)c2)C=CCC1. The van der Waals surface area contributed by atoms with Crippen LogP contribution in [0.4, 0.5) is 0 Å². The Morgan fingerprint density at radius 2 is 1.36 bits per heavy atom. The summed E-state index contributed by atoms with van der Waals surface area (Å²) < 4.78 is 4.90. The quantitative estimate of drug-likeness (QED) is 0.270. The number of nitrogens with zero attached hydrogens (tertiary/aromatic N) is 2. The molecule has 0 bridgehead atoms. The lowest BCUT2D eigenvalue weighted by molar-refractivity contribution is 0.755. The van der Waals surface area contributed by atoms with Gasteiger partial charge in [-0.3, -0.25) is 0 Å². The Morgan fingerprint density at radius 3 is 2.12 bits per heavy atom. The summed E-state index contributed by atoms with van der Waals surface area (Å²) in [5.74, 6) is 0.576. The summed E-state index contributed by atoms with van der Waals surface area (Å²) in [6.45, 7) is 2.37. The van der Waals surface area contributed by atoms with Crippen molar-refractivity contribution in [1.29, 1.82) is 0 Å². The predicted octanol–water partition coefficient (Wildman–Crippen LogP) is 8.05. The highest BCUT2D eigenvalue weighted by Crippen LogP contribution is 2.41. The van der Waals surface area contributed by atoms with Crippen LogP contribution >= 0.6 is 0 Å². The summed E-state index contributed by atoms with van der Waals surface area (Å²) in [5, 5.41) is 2.60. The Morgan fingerprint density at radius 1 is 0.697 bits per heavy atom. The Bertz CT molecular complexity index is 1550. The minimum absolute atomic E-state index is 0.576. The van der Waals surface area contributed by atoms with Crippen LogP contribution in [0.25, 0.3) is 45.3 Å². The number of fused-ring (bicyclic) bond motifs is 6. The first kappa shape index (κ1) is 18.8. The molecule has 0 radical (unpaired) electrons. The monoisotopic (exact) mass is 426 g/mol. The first-order chi connectivity index (χ1) is 16.3. The second-order valence-corrected chi connectivity index (χ2v) is 9.37. The normalized spacial score (nSPS) is 16.9. The van der Waals surface area contributed by atoms with Crippen molar-refractivity contribution < 1.29 is 0 Å². The maximum absolute atomic E-state index is 2.49. The van der Waals surface area contributed by atoms with Crippen LogP contribution in [0.5, 0.6) is 0 Å². The van der Waals surface area contributed by atoms with E-state index in [1.807, 2.05) is 0 Å². The molecular formula is C31H26N2. The molecule has 0 amide bonds. The topological polar surface area (TPSA) is 9.86 Å². The van der Waals surface area contributed by atoms with Crippen LogP contribution < -0.4 is 0 Å². The number of hydrogen-bond donors (Lipinski definition) is 0. The average Bonchev–Trinajstić information content (AvgIpc) is 3.38. The molecule has 2 heterocycles. The molecule has 7 rings (SSSR count). The van der Waals surface area contributed by atoms with Crippen molar-refractivity contribution in [2.75, 3.05) is 0 Å². The lowest BCUT2D eigenvalue weighted by atomic mass is 9.87. The van der Waals surface area contributed by atoms with Crippen LogP contribution in [0.2, 0.25) is 0 Å². The van der Waals surface area contributed by atoms with Crippen LogP contribution in [0, 0.1) is 0 Å². The fourth-order valence-corrected chi connectivity index (χ4v) is 6.00. The molecule has 0 N–H and O–H groups in total. The van der Waals surface area contributed by atoms with E-state index in [4.69, 9.17) is 0 Å². The van der Waals surface area contributed by atoms with Crippen molar-refractivity contribution >= 4 is 34.0 Å². The molecule has 2 nitrogen and oxygen atoms in total. The van der Waals surface area contributed by atoms with Gasteiger partial charge in [0, 0.05) is 33.5 Å². The Hall–Kier alpha value is -3.78. The maximum Gasteiger partial charge on any atom is 0.0541 e. The van der Waals surface area contributed by atoms with Crippen LogP contribution in [-0.2, 0) is 6.42 Å². The zero-order chi connectivity index (χ0) is 21.9. The number of para-hydroxylation sites is 2. The number of benzene rings is 3. The smallest absolute Gasteiger partial charge is 0.0541 e. The van der Waals surface area contributed by atoms with Gasteiger partial charge in [0.05, 0.1) is 11.0 Å². The predicted molar refractivity (Wildman–Crippen MR) is 140 cm³/mol. The van der Waals surface area contributed by atoms with Crippen LogP contribution in [0.3, 0.4) is 0 Å². The van der Waals surface area contributed by atoms with Crippen LogP contribution in [0.15, 0.2) is 84.9 Å². The van der Waals surface area contributed by atoms with Gasteiger partial charge in [-0.1, -0.05) is 61.5 Å². The summed E-state index contributed by atoms with van der Waals surface area (Å²) in [6, 6.07) is 26.5. The van der Waals surface area contributed by atoms with Crippen molar-refractivity contribution in [3.8, 4) is 11.4 Å².